The number of nitrogens with zero attached hydrogens (tertiary/aromatic N) is 1. The van der Waals surface area contributed by atoms with Gasteiger partial charge in [0.25, 0.3) is 5.91 Å². The molecule has 2 aliphatic heterocycles. The molecule has 35 heavy (non-hydrogen) atoms. The molecular formula is C30H36N2O2S. The van der Waals surface area contributed by atoms with E-state index in [-0.39, 0.29) is 5.91 Å². The standard InChI is InChI=1S/C30H36N2O2S/c1-2-3-6-18-34-26-10-7-8-23(19-26)30(33)31-24-12-14-29-27(20-24)28(21-35-29)22-11-13-25-9-4-5-16-32(25)17-15-22/h7-8,10,12,14-15,19-21,25H,2-6,9,11,13,16-18H2,1H3,(H,31,33). The fourth-order valence-corrected chi connectivity index (χ4v) is 6.32. The van der Waals surface area contributed by atoms with Crippen molar-refractivity contribution in [3.63, 3.8) is 0 Å². The minimum atomic E-state index is -0.106. The molecule has 184 valence electrons. The molecule has 1 saturated heterocycles. The van der Waals surface area contributed by atoms with Gasteiger partial charge in [0.2, 0.25) is 0 Å². The summed E-state index contributed by atoms with van der Waals surface area (Å²) in [4.78, 5) is 15.7. The number of piperidine rings is 1. The van der Waals surface area contributed by atoms with E-state index in [9.17, 15) is 4.79 Å². The van der Waals surface area contributed by atoms with Crippen LogP contribution < -0.4 is 10.1 Å². The van der Waals surface area contributed by atoms with Crippen LogP contribution in [0.3, 0.4) is 0 Å². The van der Waals surface area contributed by atoms with Crippen molar-refractivity contribution in [2.24, 2.45) is 0 Å². The summed E-state index contributed by atoms with van der Waals surface area (Å²) >= 11 is 1.79. The normalized spacial score (nSPS) is 18.5. The van der Waals surface area contributed by atoms with Crippen LogP contribution in [0.4, 0.5) is 5.69 Å². The molecule has 2 aromatic carbocycles. The molecule has 5 heteroatoms. The quantitative estimate of drug-likeness (QED) is 0.330. The Hall–Kier alpha value is -2.63. The van der Waals surface area contributed by atoms with Gasteiger partial charge in [-0.2, -0.15) is 0 Å². The van der Waals surface area contributed by atoms with Gasteiger partial charge in [-0.1, -0.05) is 38.3 Å². The number of hydrogen-bond donors (Lipinski definition) is 1. The minimum absolute atomic E-state index is 0.106. The number of nitrogens with one attached hydrogen (secondary N) is 1. The summed E-state index contributed by atoms with van der Waals surface area (Å²) in [5.41, 5.74) is 4.25. The van der Waals surface area contributed by atoms with Crippen LogP contribution in [0.2, 0.25) is 0 Å². The summed E-state index contributed by atoms with van der Waals surface area (Å²) < 4.78 is 7.10. The Labute approximate surface area is 213 Å². The molecule has 0 aliphatic carbocycles. The molecular weight excluding hydrogens is 452 g/mol. The number of fused-ring (bicyclic) bond motifs is 2. The van der Waals surface area contributed by atoms with E-state index in [0.29, 0.717) is 12.2 Å². The molecule has 0 radical (unpaired) electrons. The fourth-order valence-electron chi connectivity index (χ4n) is 5.35. The number of hydrogen-bond acceptors (Lipinski definition) is 4. The summed E-state index contributed by atoms with van der Waals surface area (Å²) in [5.74, 6) is 0.645. The summed E-state index contributed by atoms with van der Waals surface area (Å²) in [5, 5.41) is 6.65. The van der Waals surface area contributed by atoms with E-state index in [1.165, 1.54) is 53.5 Å². The van der Waals surface area contributed by atoms with Crippen LogP contribution >= 0.6 is 11.3 Å². The van der Waals surface area contributed by atoms with Crippen molar-refractivity contribution in [3.05, 3.63) is 65.0 Å². The number of carbonyl (C=O) groups excluding carboxylic acids is 1. The Balaban J connectivity index is 1.30. The van der Waals surface area contributed by atoms with Crippen molar-refractivity contribution in [2.75, 3.05) is 25.0 Å². The monoisotopic (exact) mass is 488 g/mol. The summed E-state index contributed by atoms with van der Waals surface area (Å²) in [6.45, 7) is 5.16. The molecule has 2 aliphatic rings. The first-order chi connectivity index (χ1) is 17.2. The van der Waals surface area contributed by atoms with Gasteiger partial charge in [-0.3, -0.25) is 9.69 Å². The third-order valence-electron chi connectivity index (χ3n) is 7.36. The van der Waals surface area contributed by atoms with Gasteiger partial charge in [0.15, 0.2) is 0 Å². The lowest BCUT2D eigenvalue weighted by atomic mass is 9.95. The highest BCUT2D eigenvalue weighted by molar-refractivity contribution is 7.17. The number of amides is 1. The predicted octanol–water partition coefficient (Wildman–Crippen LogP) is 7.75. The lowest BCUT2D eigenvalue weighted by Crippen LogP contribution is -2.38. The second-order valence-electron chi connectivity index (χ2n) is 9.81. The van der Waals surface area contributed by atoms with Crippen LogP contribution in [-0.2, 0) is 0 Å². The smallest absolute Gasteiger partial charge is 0.255 e. The third kappa shape index (κ3) is 5.79. The zero-order chi connectivity index (χ0) is 24.0. The highest BCUT2D eigenvalue weighted by atomic mass is 32.1. The Bertz CT molecular complexity index is 1200. The van der Waals surface area contributed by atoms with Gasteiger partial charge < -0.3 is 10.1 Å². The Kier molecular flexibility index (Phi) is 7.85. The van der Waals surface area contributed by atoms with Crippen LogP contribution in [0.25, 0.3) is 15.7 Å². The Morgan fingerprint density at radius 1 is 1.14 bits per heavy atom. The van der Waals surface area contributed by atoms with Gasteiger partial charge in [-0.05, 0) is 91.6 Å². The lowest BCUT2D eigenvalue weighted by molar-refractivity contribution is 0.102. The molecule has 3 heterocycles. The molecule has 0 bridgehead atoms. The highest BCUT2D eigenvalue weighted by Gasteiger charge is 2.24. The molecule has 1 amide bonds. The van der Waals surface area contributed by atoms with Crippen LogP contribution in [0.5, 0.6) is 5.75 Å². The molecule has 1 unspecified atom stereocenters. The molecule has 0 saturated carbocycles. The summed E-state index contributed by atoms with van der Waals surface area (Å²) in [7, 11) is 0. The van der Waals surface area contributed by atoms with Gasteiger partial charge in [-0.25, -0.2) is 0 Å². The van der Waals surface area contributed by atoms with Gasteiger partial charge in [0, 0.05) is 33.9 Å². The molecule has 1 fully saturated rings. The second kappa shape index (κ2) is 11.4. The Morgan fingerprint density at radius 3 is 3.00 bits per heavy atom. The number of anilines is 1. The van der Waals surface area contributed by atoms with Crippen molar-refractivity contribution >= 4 is 38.6 Å². The van der Waals surface area contributed by atoms with Crippen molar-refractivity contribution < 1.29 is 9.53 Å². The van der Waals surface area contributed by atoms with E-state index < -0.39 is 0 Å². The molecule has 1 N–H and O–H groups in total. The van der Waals surface area contributed by atoms with E-state index in [4.69, 9.17) is 4.74 Å². The van der Waals surface area contributed by atoms with E-state index >= 15 is 0 Å². The van der Waals surface area contributed by atoms with Crippen LogP contribution in [0.15, 0.2) is 53.9 Å². The number of thiophene rings is 1. The van der Waals surface area contributed by atoms with Crippen LogP contribution in [0.1, 0.15) is 74.2 Å². The first-order valence-corrected chi connectivity index (χ1v) is 14.1. The average Bonchev–Trinajstić information content (AvgIpc) is 3.18. The first kappa shape index (κ1) is 24.1. The SMILES string of the molecule is CCCCCOc1cccc(C(=O)Nc2ccc3scc(C4=CCN5CCCCC5CC4)c3c2)c1. The van der Waals surface area contributed by atoms with Gasteiger partial charge in [-0.15, -0.1) is 11.3 Å². The molecule has 4 nitrogen and oxygen atoms in total. The number of carbonyl (C=O) groups is 1. The zero-order valence-electron chi connectivity index (χ0n) is 20.7. The highest BCUT2D eigenvalue weighted by Crippen LogP contribution is 2.37. The molecule has 3 aromatic rings. The minimum Gasteiger partial charge on any atom is -0.494 e. The van der Waals surface area contributed by atoms with Crippen molar-refractivity contribution in [2.45, 2.75) is 64.3 Å². The van der Waals surface area contributed by atoms with Gasteiger partial charge >= 0.3 is 0 Å². The van der Waals surface area contributed by atoms with Crippen LogP contribution in [-0.4, -0.2) is 36.5 Å². The van der Waals surface area contributed by atoms with Crippen molar-refractivity contribution in [1.82, 2.24) is 4.90 Å². The number of rotatable bonds is 8. The van der Waals surface area contributed by atoms with E-state index in [1.807, 2.05) is 30.3 Å². The third-order valence-corrected chi connectivity index (χ3v) is 8.32. The molecule has 1 aromatic heterocycles. The fraction of sp³-hybridized carbons (Fsp3) is 0.433. The number of unbranched alkanes of at least 4 members (excludes halogenated alkanes) is 2. The first-order valence-electron chi connectivity index (χ1n) is 13.2. The topological polar surface area (TPSA) is 41.6 Å². The van der Waals surface area contributed by atoms with E-state index in [1.54, 1.807) is 11.3 Å². The lowest BCUT2D eigenvalue weighted by Gasteiger charge is -2.33. The van der Waals surface area contributed by atoms with Gasteiger partial charge in [0.05, 0.1) is 6.61 Å². The maximum atomic E-state index is 13.0. The summed E-state index contributed by atoms with van der Waals surface area (Å²) in [6, 6.07) is 14.5. The maximum Gasteiger partial charge on any atom is 0.255 e. The average molecular weight is 489 g/mol. The summed E-state index contributed by atoms with van der Waals surface area (Å²) in [6.07, 6.45) is 12.2. The van der Waals surface area contributed by atoms with Crippen molar-refractivity contribution in [3.8, 4) is 5.75 Å². The largest absolute Gasteiger partial charge is 0.494 e. The zero-order valence-corrected chi connectivity index (χ0v) is 21.5. The van der Waals surface area contributed by atoms with E-state index in [0.717, 1.165) is 49.7 Å². The molecule has 1 atom stereocenters. The number of allylic oxidation sites excluding steroid dienone is 1. The molecule has 5 rings (SSSR count). The van der Waals surface area contributed by atoms with Crippen molar-refractivity contribution in [1.29, 1.82) is 0 Å². The van der Waals surface area contributed by atoms with E-state index in [2.05, 4.69) is 40.7 Å². The van der Waals surface area contributed by atoms with Crippen LogP contribution in [0, 0.1) is 0 Å². The van der Waals surface area contributed by atoms with Gasteiger partial charge in [0.1, 0.15) is 5.75 Å². The Morgan fingerprint density at radius 2 is 2.09 bits per heavy atom. The number of ether oxygens (including phenoxy) is 1. The second-order valence-corrected chi connectivity index (χ2v) is 10.7. The predicted molar refractivity (Wildman–Crippen MR) is 148 cm³/mol. The number of benzene rings is 2. The maximum absolute atomic E-state index is 13.0. The molecule has 0 spiro atoms.